The summed E-state index contributed by atoms with van der Waals surface area (Å²) in [5.41, 5.74) is 7.31. The molecular weight excluding hydrogens is 262 g/mol. The lowest BCUT2D eigenvalue weighted by atomic mass is 10.2. The molecule has 102 valence electrons. The largest absolute Gasteiger partial charge is 0.395 e. The first-order valence-electron chi connectivity index (χ1n) is 6.08. The molecule has 2 aromatic heterocycles. The summed E-state index contributed by atoms with van der Waals surface area (Å²) in [7, 11) is 0. The molecule has 0 aromatic carbocycles. The molecule has 1 amide bonds. The maximum Gasteiger partial charge on any atom is 0.274 e. The highest BCUT2D eigenvalue weighted by Crippen LogP contribution is 2.20. The van der Waals surface area contributed by atoms with Gasteiger partial charge in [0.1, 0.15) is 5.01 Å². The van der Waals surface area contributed by atoms with Gasteiger partial charge in [-0.2, -0.15) is 5.10 Å². The standard InChI is InChI=1S/C12H17N5OS/c1-4-8-9(13)10(17-16-8)11(18)15-7(3)12-14-5-6(2)19-12/h5,7H,4,13H2,1-3H3,(H,15,18)(H,16,17). The minimum atomic E-state index is -0.284. The van der Waals surface area contributed by atoms with Gasteiger partial charge in [-0.05, 0) is 20.3 Å². The maximum atomic E-state index is 12.1. The second-order valence-corrected chi connectivity index (χ2v) is 5.59. The number of carbonyl (C=O) groups is 1. The molecular formula is C12H17N5OS. The van der Waals surface area contributed by atoms with Gasteiger partial charge in [0.25, 0.3) is 5.91 Å². The van der Waals surface area contributed by atoms with Crippen LogP contribution in [0.15, 0.2) is 6.20 Å². The van der Waals surface area contributed by atoms with Gasteiger partial charge in [0.15, 0.2) is 5.69 Å². The number of aromatic nitrogens is 3. The van der Waals surface area contributed by atoms with Crippen molar-refractivity contribution in [3.63, 3.8) is 0 Å². The summed E-state index contributed by atoms with van der Waals surface area (Å²) in [6, 6.07) is -0.160. The summed E-state index contributed by atoms with van der Waals surface area (Å²) < 4.78 is 0. The van der Waals surface area contributed by atoms with Crippen molar-refractivity contribution in [1.82, 2.24) is 20.5 Å². The van der Waals surface area contributed by atoms with Crippen LogP contribution in [0.4, 0.5) is 5.69 Å². The summed E-state index contributed by atoms with van der Waals surface area (Å²) in [6.45, 7) is 5.82. The molecule has 0 radical (unpaired) electrons. The van der Waals surface area contributed by atoms with Crippen molar-refractivity contribution < 1.29 is 4.79 Å². The van der Waals surface area contributed by atoms with Crippen LogP contribution in [0.1, 0.15) is 46.0 Å². The summed E-state index contributed by atoms with van der Waals surface area (Å²) >= 11 is 1.56. The van der Waals surface area contributed by atoms with Gasteiger partial charge >= 0.3 is 0 Å². The summed E-state index contributed by atoms with van der Waals surface area (Å²) in [5.74, 6) is -0.284. The number of aryl methyl sites for hydroxylation is 2. The zero-order valence-electron chi connectivity index (χ0n) is 11.2. The molecule has 0 saturated carbocycles. The molecule has 0 aliphatic heterocycles. The molecule has 1 unspecified atom stereocenters. The maximum absolute atomic E-state index is 12.1. The lowest BCUT2D eigenvalue weighted by Crippen LogP contribution is -2.27. The highest BCUT2D eigenvalue weighted by atomic mass is 32.1. The molecule has 6 nitrogen and oxygen atoms in total. The molecule has 1 atom stereocenters. The van der Waals surface area contributed by atoms with Crippen LogP contribution in [-0.2, 0) is 6.42 Å². The minimum absolute atomic E-state index is 0.160. The van der Waals surface area contributed by atoms with Crippen molar-refractivity contribution in [2.75, 3.05) is 5.73 Å². The number of hydrogen-bond donors (Lipinski definition) is 3. The van der Waals surface area contributed by atoms with Gasteiger partial charge in [0.05, 0.1) is 17.4 Å². The number of hydrogen-bond acceptors (Lipinski definition) is 5. The van der Waals surface area contributed by atoms with Gasteiger partial charge in [0.2, 0.25) is 0 Å². The Morgan fingerprint density at radius 1 is 1.63 bits per heavy atom. The van der Waals surface area contributed by atoms with E-state index in [1.165, 1.54) is 0 Å². The molecule has 2 heterocycles. The predicted molar refractivity (Wildman–Crippen MR) is 75.1 cm³/mol. The van der Waals surface area contributed by atoms with E-state index in [-0.39, 0.29) is 17.6 Å². The highest BCUT2D eigenvalue weighted by Gasteiger charge is 2.19. The smallest absolute Gasteiger partial charge is 0.274 e. The van der Waals surface area contributed by atoms with Crippen molar-refractivity contribution >= 4 is 22.9 Å². The van der Waals surface area contributed by atoms with E-state index in [1.807, 2.05) is 20.8 Å². The number of aromatic amines is 1. The number of H-pyrrole nitrogens is 1. The fourth-order valence-electron chi connectivity index (χ4n) is 1.73. The van der Waals surface area contributed by atoms with Crippen LogP contribution < -0.4 is 11.1 Å². The Hall–Kier alpha value is -1.89. The van der Waals surface area contributed by atoms with Gasteiger partial charge in [-0.15, -0.1) is 11.3 Å². The third kappa shape index (κ3) is 2.76. The van der Waals surface area contributed by atoms with Gasteiger partial charge in [-0.25, -0.2) is 4.98 Å². The Kier molecular flexibility index (Phi) is 3.84. The Labute approximate surface area is 115 Å². The summed E-state index contributed by atoms with van der Waals surface area (Å²) in [6.07, 6.45) is 2.51. The molecule has 0 spiro atoms. The number of nitrogens with two attached hydrogens (primary N) is 1. The van der Waals surface area contributed by atoms with Crippen LogP contribution >= 0.6 is 11.3 Å². The summed E-state index contributed by atoms with van der Waals surface area (Å²) in [4.78, 5) is 17.5. The molecule has 7 heteroatoms. The first-order valence-corrected chi connectivity index (χ1v) is 6.90. The predicted octanol–water partition coefficient (Wildman–Crippen LogP) is 1.81. The Morgan fingerprint density at radius 2 is 2.37 bits per heavy atom. The average Bonchev–Trinajstić information content (AvgIpc) is 2.95. The fraction of sp³-hybridized carbons (Fsp3) is 0.417. The topological polar surface area (TPSA) is 96.7 Å². The van der Waals surface area contributed by atoms with Crippen molar-refractivity contribution in [3.05, 3.63) is 27.5 Å². The van der Waals surface area contributed by atoms with Crippen molar-refractivity contribution in [1.29, 1.82) is 0 Å². The quantitative estimate of drug-likeness (QED) is 0.795. The molecule has 0 aliphatic rings. The van der Waals surface area contributed by atoms with E-state index < -0.39 is 0 Å². The number of carbonyl (C=O) groups excluding carboxylic acids is 1. The first kappa shape index (κ1) is 13.5. The number of nitrogen functional groups attached to an aromatic ring is 1. The molecule has 19 heavy (non-hydrogen) atoms. The lowest BCUT2D eigenvalue weighted by molar-refractivity contribution is 0.0935. The third-order valence-corrected chi connectivity index (χ3v) is 3.90. The minimum Gasteiger partial charge on any atom is -0.395 e. The monoisotopic (exact) mass is 279 g/mol. The van der Waals surface area contributed by atoms with Gasteiger partial charge in [0, 0.05) is 11.1 Å². The molecule has 0 fully saturated rings. The summed E-state index contributed by atoms with van der Waals surface area (Å²) in [5, 5.41) is 10.5. The number of thiazole rings is 1. The molecule has 0 bridgehead atoms. The zero-order chi connectivity index (χ0) is 14.0. The highest BCUT2D eigenvalue weighted by molar-refractivity contribution is 7.11. The van der Waals surface area contributed by atoms with E-state index in [0.29, 0.717) is 12.1 Å². The van der Waals surface area contributed by atoms with Gasteiger partial charge < -0.3 is 11.1 Å². The average molecular weight is 279 g/mol. The Balaban J connectivity index is 2.10. The molecule has 0 aliphatic carbocycles. The molecule has 2 aromatic rings. The van der Waals surface area contributed by atoms with Crippen LogP contribution in [-0.4, -0.2) is 21.1 Å². The number of anilines is 1. The van der Waals surface area contributed by atoms with Crippen molar-refractivity contribution in [3.8, 4) is 0 Å². The van der Waals surface area contributed by atoms with Crippen molar-refractivity contribution in [2.24, 2.45) is 0 Å². The number of nitrogens with zero attached hydrogens (tertiary/aromatic N) is 2. The van der Waals surface area contributed by atoms with Crippen LogP contribution in [0.5, 0.6) is 0 Å². The third-order valence-electron chi connectivity index (χ3n) is 2.81. The van der Waals surface area contributed by atoms with E-state index in [2.05, 4.69) is 20.5 Å². The molecule has 0 saturated heterocycles. The number of rotatable bonds is 4. The fourth-order valence-corrected chi connectivity index (χ4v) is 2.50. The van der Waals surface area contributed by atoms with Crippen LogP contribution in [0.2, 0.25) is 0 Å². The van der Waals surface area contributed by atoms with E-state index in [9.17, 15) is 4.79 Å². The van der Waals surface area contributed by atoms with Gasteiger partial charge in [-0.1, -0.05) is 6.92 Å². The first-order chi connectivity index (χ1) is 9.02. The van der Waals surface area contributed by atoms with Crippen LogP contribution in [0, 0.1) is 6.92 Å². The van der Waals surface area contributed by atoms with Crippen molar-refractivity contribution in [2.45, 2.75) is 33.2 Å². The zero-order valence-corrected chi connectivity index (χ0v) is 12.0. The number of nitrogens with one attached hydrogen (secondary N) is 2. The van der Waals surface area contributed by atoms with E-state index >= 15 is 0 Å². The second-order valence-electron chi connectivity index (χ2n) is 4.32. The van der Waals surface area contributed by atoms with E-state index in [4.69, 9.17) is 5.73 Å². The second kappa shape index (κ2) is 5.40. The molecule has 2 rings (SSSR count). The Bertz CT molecular complexity index is 589. The number of amides is 1. The van der Waals surface area contributed by atoms with E-state index in [1.54, 1.807) is 17.5 Å². The SMILES string of the molecule is CCc1[nH]nc(C(=O)NC(C)c2ncc(C)s2)c1N. The van der Waals surface area contributed by atoms with Crippen LogP contribution in [0.25, 0.3) is 0 Å². The Morgan fingerprint density at radius 3 is 2.89 bits per heavy atom. The lowest BCUT2D eigenvalue weighted by Gasteiger charge is -2.10. The molecule has 4 N–H and O–H groups in total. The van der Waals surface area contributed by atoms with E-state index in [0.717, 1.165) is 15.6 Å². The van der Waals surface area contributed by atoms with Gasteiger partial charge in [-0.3, -0.25) is 9.89 Å². The normalized spacial score (nSPS) is 12.4. The van der Waals surface area contributed by atoms with Crippen LogP contribution in [0.3, 0.4) is 0 Å².